The van der Waals surface area contributed by atoms with Gasteiger partial charge >= 0.3 is 0 Å². The molecule has 1 aromatic heterocycles. The summed E-state index contributed by atoms with van der Waals surface area (Å²) in [6.07, 6.45) is 0.343. The van der Waals surface area contributed by atoms with Gasteiger partial charge in [-0.05, 0) is 34.1 Å². The smallest absolute Gasteiger partial charge is 0.261 e. The van der Waals surface area contributed by atoms with Crippen molar-refractivity contribution in [3.63, 3.8) is 0 Å². The van der Waals surface area contributed by atoms with Gasteiger partial charge in [-0.15, -0.1) is 0 Å². The number of rotatable bonds is 3. The van der Waals surface area contributed by atoms with Crippen molar-refractivity contribution in [2.45, 2.75) is 6.10 Å². The molecule has 0 spiro atoms. The topological polar surface area (TPSA) is 70.5 Å². The third kappa shape index (κ3) is 2.54. The lowest BCUT2D eigenvalue weighted by atomic mass is 10.1. The van der Waals surface area contributed by atoms with Gasteiger partial charge in [0.05, 0.1) is 28.4 Å². The van der Waals surface area contributed by atoms with Crippen molar-refractivity contribution in [1.29, 1.82) is 0 Å². The summed E-state index contributed by atoms with van der Waals surface area (Å²) in [5, 5.41) is 10.5. The van der Waals surface area contributed by atoms with E-state index >= 15 is 0 Å². The molecule has 1 aliphatic heterocycles. The van der Waals surface area contributed by atoms with Crippen LogP contribution >= 0.6 is 27.5 Å². The van der Waals surface area contributed by atoms with Gasteiger partial charge in [-0.1, -0.05) is 23.7 Å². The van der Waals surface area contributed by atoms with Crippen molar-refractivity contribution >= 4 is 39.3 Å². The molecule has 5 nitrogen and oxygen atoms in total. The number of nitrogens with zero attached hydrogens (tertiary/aromatic N) is 2. The Morgan fingerprint density at radius 3 is 2.36 bits per heavy atom. The number of carbonyl (C=O) groups excluding carboxylic acids is 2. The van der Waals surface area contributed by atoms with Crippen LogP contribution < -0.4 is 0 Å². The minimum Gasteiger partial charge on any atom is -0.385 e. The standard InChI is InChI=1S/C15H10BrClN2O3/c16-8-5-11(17)13(18-6-8)12(20)7-19-14(21)9-3-1-2-4-10(9)15(19)22/h1-6,12,20H,7H2. The van der Waals surface area contributed by atoms with Gasteiger partial charge in [0, 0.05) is 10.7 Å². The van der Waals surface area contributed by atoms with E-state index in [9.17, 15) is 14.7 Å². The summed E-state index contributed by atoms with van der Waals surface area (Å²) < 4.78 is 0.675. The van der Waals surface area contributed by atoms with E-state index in [0.29, 0.717) is 15.6 Å². The number of aliphatic hydroxyl groups is 1. The summed E-state index contributed by atoms with van der Waals surface area (Å²) in [6, 6.07) is 8.16. The number of fused-ring (bicyclic) bond motifs is 1. The van der Waals surface area contributed by atoms with Crippen LogP contribution in [0.1, 0.15) is 32.5 Å². The molecule has 2 heterocycles. The van der Waals surface area contributed by atoms with Crippen molar-refractivity contribution < 1.29 is 14.7 Å². The first-order valence-electron chi connectivity index (χ1n) is 6.43. The Morgan fingerprint density at radius 1 is 1.23 bits per heavy atom. The van der Waals surface area contributed by atoms with Crippen molar-refractivity contribution in [3.8, 4) is 0 Å². The van der Waals surface area contributed by atoms with Crippen LogP contribution in [0.15, 0.2) is 41.0 Å². The number of benzene rings is 1. The molecule has 22 heavy (non-hydrogen) atoms. The molecule has 0 aliphatic carbocycles. The number of aromatic nitrogens is 1. The summed E-state index contributed by atoms with van der Waals surface area (Å²) >= 11 is 9.26. The molecule has 1 unspecified atom stereocenters. The van der Waals surface area contributed by atoms with Crippen LogP contribution in [0.25, 0.3) is 0 Å². The van der Waals surface area contributed by atoms with Crippen molar-refractivity contribution in [2.75, 3.05) is 6.54 Å². The second-order valence-electron chi connectivity index (χ2n) is 4.80. The number of aliphatic hydroxyl groups excluding tert-OH is 1. The molecule has 1 N–H and O–H groups in total. The largest absolute Gasteiger partial charge is 0.385 e. The Balaban J connectivity index is 1.85. The van der Waals surface area contributed by atoms with E-state index < -0.39 is 17.9 Å². The fourth-order valence-corrected chi connectivity index (χ4v) is 3.09. The molecule has 112 valence electrons. The zero-order valence-corrected chi connectivity index (χ0v) is 13.5. The molecule has 0 radical (unpaired) electrons. The van der Waals surface area contributed by atoms with Gasteiger partial charge in [0.25, 0.3) is 11.8 Å². The Morgan fingerprint density at radius 2 is 1.82 bits per heavy atom. The SMILES string of the molecule is O=C1c2ccccc2C(=O)N1CC(O)c1ncc(Br)cc1Cl. The third-order valence-electron chi connectivity index (χ3n) is 3.39. The first-order valence-corrected chi connectivity index (χ1v) is 7.60. The molecular weight excluding hydrogens is 372 g/mol. The first kappa shape index (κ1) is 15.1. The van der Waals surface area contributed by atoms with Crippen molar-refractivity contribution in [2.24, 2.45) is 0 Å². The fourth-order valence-electron chi connectivity index (χ4n) is 2.33. The minimum absolute atomic E-state index is 0.194. The molecular formula is C15H10BrClN2O3. The normalized spacial score (nSPS) is 15.1. The quantitative estimate of drug-likeness (QED) is 0.830. The van der Waals surface area contributed by atoms with E-state index in [4.69, 9.17) is 11.6 Å². The van der Waals surface area contributed by atoms with Crippen LogP contribution in [0.3, 0.4) is 0 Å². The van der Waals surface area contributed by atoms with E-state index in [2.05, 4.69) is 20.9 Å². The molecule has 2 amide bonds. The summed E-state index contributed by atoms with van der Waals surface area (Å²) in [4.78, 5) is 29.5. The average Bonchev–Trinajstić information content (AvgIpc) is 2.73. The van der Waals surface area contributed by atoms with Crippen molar-refractivity contribution in [1.82, 2.24) is 9.88 Å². The van der Waals surface area contributed by atoms with E-state index in [1.807, 2.05) is 0 Å². The molecule has 0 saturated heterocycles. The third-order valence-corrected chi connectivity index (χ3v) is 4.12. The van der Waals surface area contributed by atoms with Crippen LogP contribution in [0.4, 0.5) is 0 Å². The van der Waals surface area contributed by atoms with E-state index in [1.165, 1.54) is 6.20 Å². The van der Waals surface area contributed by atoms with Gasteiger partial charge in [0.2, 0.25) is 0 Å². The number of pyridine rings is 1. The number of hydrogen-bond acceptors (Lipinski definition) is 4. The number of carbonyl (C=O) groups is 2. The zero-order valence-electron chi connectivity index (χ0n) is 11.2. The maximum absolute atomic E-state index is 12.2. The molecule has 1 aliphatic rings. The Labute approximate surface area is 139 Å². The van der Waals surface area contributed by atoms with Crippen LogP contribution in [0.5, 0.6) is 0 Å². The summed E-state index contributed by atoms with van der Waals surface area (Å²) in [5.41, 5.74) is 0.908. The highest BCUT2D eigenvalue weighted by atomic mass is 79.9. The lowest BCUT2D eigenvalue weighted by molar-refractivity contribution is 0.0538. The van der Waals surface area contributed by atoms with Crippen LogP contribution in [0, 0.1) is 0 Å². The molecule has 0 saturated carbocycles. The summed E-state index contributed by atoms with van der Waals surface area (Å²) in [7, 11) is 0. The predicted molar refractivity (Wildman–Crippen MR) is 83.7 cm³/mol. The highest BCUT2D eigenvalue weighted by Crippen LogP contribution is 2.28. The molecule has 1 atom stereocenters. The fraction of sp³-hybridized carbons (Fsp3) is 0.133. The van der Waals surface area contributed by atoms with Crippen LogP contribution in [-0.4, -0.2) is 33.3 Å². The van der Waals surface area contributed by atoms with E-state index in [-0.39, 0.29) is 17.3 Å². The van der Waals surface area contributed by atoms with Crippen LogP contribution in [-0.2, 0) is 0 Å². The van der Waals surface area contributed by atoms with Crippen LogP contribution in [0.2, 0.25) is 5.02 Å². The maximum atomic E-state index is 12.2. The highest BCUT2D eigenvalue weighted by Gasteiger charge is 2.36. The molecule has 2 aromatic rings. The number of hydrogen-bond donors (Lipinski definition) is 1. The molecule has 0 fully saturated rings. The van der Waals surface area contributed by atoms with Gasteiger partial charge < -0.3 is 5.11 Å². The number of imide groups is 1. The minimum atomic E-state index is -1.15. The van der Waals surface area contributed by atoms with Gasteiger partial charge in [-0.25, -0.2) is 0 Å². The summed E-state index contributed by atoms with van der Waals surface area (Å²) in [6.45, 7) is -0.194. The van der Waals surface area contributed by atoms with Gasteiger partial charge in [-0.2, -0.15) is 0 Å². The zero-order chi connectivity index (χ0) is 15.9. The van der Waals surface area contributed by atoms with E-state index in [0.717, 1.165) is 4.90 Å². The van der Waals surface area contributed by atoms with Gasteiger partial charge in [0.15, 0.2) is 0 Å². The molecule has 0 bridgehead atoms. The lowest BCUT2D eigenvalue weighted by Gasteiger charge is -2.18. The molecule has 7 heteroatoms. The number of amides is 2. The van der Waals surface area contributed by atoms with Gasteiger partial charge in [0.1, 0.15) is 6.10 Å². The number of β-amino-alcohol motifs (C(OH)–C–C–N with tert-alkyl or cyclic N) is 1. The first-order chi connectivity index (χ1) is 10.5. The second-order valence-corrected chi connectivity index (χ2v) is 6.13. The Hall–Kier alpha value is -1.76. The number of halogens is 2. The lowest BCUT2D eigenvalue weighted by Crippen LogP contribution is -2.34. The molecule has 1 aromatic carbocycles. The molecule has 3 rings (SSSR count). The monoisotopic (exact) mass is 380 g/mol. The Kier molecular flexibility index (Phi) is 3.99. The maximum Gasteiger partial charge on any atom is 0.261 e. The average molecular weight is 382 g/mol. The van der Waals surface area contributed by atoms with E-state index in [1.54, 1.807) is 30.3 Å². The Bertz CT molecular complexity index is 746. The highest BCUT2D eigenvalue weighted by molar-refractivity contribution is 9.10. The predicted octanol–water partition coefficient (Wildman–Crippen LogP) is 2.83. The van der Waals surface area contributed by atoms with Gasteiger partial charge in [-0.3, -0.25) is 19.5 Å². The second kappa shape index (κ2) is 5.79. The van der Waals surface area contributed by atoms with Crippen molar-refractivity contribution in [3.05, 3.63) is 62.8 Å². The summed E-state index contributed by atoms with van der Waals surface area (Å²) in [5.74, 6) is -0.847.